The molecule has 0 aromatic heterocycles. The summed E-state index contributed by atoms with van der Waals surface area (Å²) in [4.78, 5) is 14.7. The lowest BCUT2D eigenvalue weighted by molar-refractivity contribution is 0.256. The summed E-state index contributed by atoms with van der Waals surface area (Å²) < 4.78 is 27.4. The second kappa shape index (κ2) is 8.82. The highest BCUT2D eigenvalue weighted by molar-refractivity contribution is 7.90. The van der Waals surface area contributed by atoms with Crippen LogP contribution in [0.15, 0.2) is 6.07 Å². The second-order valence-corrected chi connectivity index (χ2v) is 10.3. The van der Waals surface area contributed by atoms with Crippen molar-refractivity contribution in [2.75, 3.05) is 25.5 Å². The molecule has 0 aliphatic heterocycles. The summed E-state index contributed by atoms with van der Waals surface area (Å²) in [5.74, 6) is 0. The fourth-order valence-electron chi connectivity index (χ4n) is 4.39. The Labute approximate surface area is 169 Å². The zero-order valence-electron chi connectivity index (χ0n) is 17.3. The molecule has 0 radical (unpaired) electrons. The van der Waals surface area contributed by atoms with Crippen molar-refractivity contribution in [2.45, 2.75) is 70.5 Å². The number of benzene rings is 1. The first-order valence-electron chi connectivity index (χ1n) is 10.5. The molecule has 0 bridgehead atoms. The van der Waals surface area contributed by atoms with E-state index in [2.05, 4.69) is 27.9 Å². The molecule has 156 valence electrons. The lowest BCUT2D eigenvalue weighted by Gasteiger charge is -2.20. The Kier molecular flexibility index (Phi) is 6.65. The van der Waals surface area contributed by atoms with E-state index in [9.17, 15) is 13.2 Å². The summed E-state index contributed by atoms with van der Waals surface area (Å²) in [6.07, 6.45) is 7.69. The zero-order valence-corrected chi connectivity index (χ0v) is 18.1. The van der Waals surface area contributed by atoms with Gasteiger partial charge in [-0.2, -0.15) is 0 Å². The van der Waals surface area contributed by atoms with Crippen molar-refractivity contribution < 1.29 is 13.2 Å². The van der Waals surface area contributed by atoms with Crippen molar-refractivity contribution >= 4 is 21.7 Å². The first kappa shape index (κ1) is 21.1. The summed E-state index contributed by atoms with van der Waals surface area (Å²) in [5.41, 5.74) is 5.88. The predicted molar refractivity (Wildman–Crippen MR) is 113 cm³/mol. The Hall–Kier alpha value is -1.60. The number of hydrogen-bond acceptors (Lipinski definition) is 4. The van der Waals surface area contributed by atoms with Crippen LogP contribution in [0.2, 0.25) is 0 Å². The molecule has 28 heavy (non-hydrogen) atoms. The van der Waals surface area contributed by atoms with Crippen molar-refractivity contribution in [3.63, 3.8) is 0 Å². The summed E-state index contributed by atoms with van der Waals surface area (Å²) in [6.45, 7) is 5.38. The summed E-state index contributed by atoms with van der Waals surface area (Å²) >= 11 is 0. The van der Waals surface area contributed by atoms with Gasteiger partial charge >= 0.3 is 6.03 Å². The van der Waals surface area contributed by atoms with E-state index in [0.717, 1.165) is 57.2 Å². The smallest absolute Gasteiger partial charge is 0.307 e. The van der Waals surface area contributed by atoms with Crippen LogP contribution in [0.5, 0.6) is 0 Å². The molecule has 0 fully saturated rings. The highest BCUT2D eigenvalue weighted by Gasteiger charge is 2.27. The van der Waals surface area contributed by atoms with E-state index < -0.39 is 21.3 Å². The van der Waals surface area contributed by atoms with Gasteiger partial charge in [0, 0.05) is 5.69 Å². The molecule has 2 aliphatic carbocycles. The van der Waals surface area contributed by atoms with Gasteiger partial charge in [-0.15, -0.1) is 0 Å². The maximum absolute atomic E-state index is 12.6. The van der Waals surface area contributed by atoms with Crippen LogP contribution in [0.25, 0.3) is 0 Å². The van der Waals surface area contributed by atoms with Crippen molar-refractivity contribution in [1.29, 1.82) is 0 Å². The van der Waals surface area contributed by atoms with Gasteiger partial charge in [-0.1, -0.05) is 13.0 Å². The highest BCUT2D eigenvalue weighted by Crippen LogP contribution is 2.38. The summed E-state index contributed by atoms with van der Waals surface area (Å²) in [5, 5.41) is 2.28. The SMILES string of the molecule is CCCN(C)CCC(C)S(=O)(=O)NC(=O)Nc1c2c(cc3c1CCC3)CCC2. The van der Waals surface area contributed by atoms with Crippen LogP contribution in [0.3, 0.4) is 0 Å². The number of carbonyl (C=O) groups is 1. The molecular weight excluding hydrogens is 374 g/mol. The molecule has 3 rings (SSSR count). The van der Waals surface area contributed by atoms with Crippen molar-refractivity contribution in [3.8, 4) is 0 Å². The van der Waals surface area contributed by atoms with Crippen LogP contribution in [0, 0.1) is 0 Å². The lowest BCUT2D eigenvalue weighted by atomic mass is 9.99. The monoisotopic (exact) mass is 407 g/mol. The molecule has 2 amide bonds. The number of carbonyl (C=O) groups excluding carboxylic acids is 1. The summed E-state index contributed by atoms with van der Waals surface area (Å²) in [6, 6.07) is 1.66. The molecule has 7 heteroatoms. The quantitative estimate of drug-likeness (QED) is 0.693. The summed E-state index contributed by atoms with van der Waals surface area (Å²) in [7, 11) is -1.72. The van der Waals surface area contributed by atoms with E-state index in [1.54, 1.807) is 6.92 Å². The standard InChI is InChI=1S/C21H33N3O3S/c1-4-12-24(3)13-11-15(2)28(26,27)23-21(25)22-20-18-9-5-7-16(18)14-17-8-6-10-19(17)20/h14-15H,4-13H2,1-3H3,(H2,22,23,25). The third kappa shape index (κ3) is 4.69. The molecule has 0 saturated carbocycles. The van der Waals surface area contributed by atoms with Gasteiger partial charge in [0.2, 0.25) is 10.0 Å². The number of rotatable bonds is 8. The number of sulfonamides is 1. The van der Waals surface area contributed by atoms with Gasteiger partial charge in [0.05, 0.1) is 5.25 Å². The fraction of sp³-hybridized carbons (Fsp3) is 0.667. The van der Waals surface area contributed by atoms with Gasteiger partial charge in [0.25, 0.3) is 0 Å². The maximum Gasteiger partial charge on any atom is 0.332 e. The number of urea groups is 1. The topological polar surface area (TPSA) is 78.5 Å². The van der Waals surface area contributed by atoms with E-state index in [4.69, 9.17) is 0 Å². The number of nitrogens with zero attached hydrogens (tertiary/aromatic N) is 1. The van der Waals surface area contributed by atoms with Gasteiger partial charge in [0.1, 0.15) is 0 Å². The van der Waals surface area contributed by atoms with Crippen LogP contribution >= 0.6 is 0 Å². The lowest BCUT2D eigenvalue weighted by Crippen LogP contribution is -2.41. The highest BCUT2D eigenvalue weighted by atomic mass is 32.2. The van der Waals surface area contributed by atoms with Crippen LogP contribution in [0.1, 0.15) is 61.8 Å². The number of hydrogen-bond donors (Lipinski definition) is 2. The minimum Gasteiger partial charge on any atom is -0.307 e. The van der Waals surface area contributed by atoms with E-state index in [-0.39, 0.29) is 0 Å². The average molecular weight is 408 g/mol. The Balaban J connectivity index is 1.66. The van der Waals surface area contributed by atoms with Gasteiger partial charge in [-0.25, -0.2) is 17.9 Å². The number of amides is 2. The van der Waals surface area contributed by atoms with Crippen LogP contribution in [0.4, 0.5) is 10.5 Å². The van der Waals surface area contributed by atoms with Gasteiger partial charge in [-0.05, 0) is 101 Å². The predicted octanol–water partition coefficient (Wildman–Crippen LogP) is 3.24. The van der Waals surface area contributed by atoms with Crippen molar-refractivity contribution in [3.05, 3.63) is 28.3 Å². The second-order valence-electron chi connectivity index (χ2n) is 8.24. The number of anilines is 1. The zero-order chi connectivity index (χ0) is 20.3. The average Bonchev–Trinajstić information content (AvgIpc) is 3.28. The Bertz CT molecular complexity index is 804. The number of aryl methyl sites for hydroxylation is 2. The third-order valence-corrected chi connectivity index (χ3v) is 7.76. The van der Waals surface area contributed by atoms with Crippen molar-refractivity contribution in [1.82, 2.24) is 9.62 Å². The third-order valence-electron chi connectivity index (χ3n) is 6.00. The first-order valence-corrected chi connectivity index (χ1v) is 12.0. The minimum absolute atomic E-state index is 0.495. The Morgan fingerprint density at radius 1 is 1.11 bits per heavy atom. The molecule has 1 atom stereocenters. The molecule has 1 unspecified atom stereocenters. The first-order chi connectivity index (χ1) is 13.3. The number of nitrogens with one attached hydrogen (secondary N) is 2. The van der Waals surface area contributed by atoms with E-state index in [1.807, 2.05) is 7.05 Å². The normalized spacial score (nSPS) is 16.7. The van der Waals surface area contributed by atoms with E-state index in [1.165, 1.54) is 22.3 Å². The Morgan fingerprint density at radius 3 is 2.29 bits per heavy atom. The fourth-order valence-corrected chi connectivity index (χ4v) is 5.31. The largest absolute Gasteiger partial charge is 0.332 e. The van der Waals surface area contributed by atoms with E-state index >= 15 is 0 Å². The van der Waals surface area contributed by atoms with Crippen LogP contribution in [-0.2, 0) is 35.7 Å². The molecule has 1 aromatic carbocycles. The van der Waals surface area contributed by atoms with Crippen LogP contribution in [-0.4, -0.2) is 44.7 Å². The van der Waals surface area contributed by atoms with Crippen molar-refractivity contribution in [2.24, 2.45) is 0 Å². The molecule has 0 saturated heterocycles. The van der Waals surface area contributed by atoms with Gasteiger partial charge in [-0.3, -0.25) is 0 Å². The molecule has 1 aromatic rings. The molecule has 0 spiro atoms. The van der Waals surface area contributed by atoms with Gasteiger partial charge in [0.15, 0.2) is 0 Å². The maximum atomic E-state index is 12.6. The van der Waals surface area contributed by atoms with Gasteiger partial charge < -0.3 is 10.2 Å². The van der Waals surface area contributed by atoms with E-state index in [0.29, 0.717) is 13.0 Å². The minimum atomic E-state index is -3.71. The molecule has 2 N–H and O–H groups in total. The Morgan fingerprint density at radius 2 is 1.71 bits per heavy atom. The molecule has 2 aliphatic rings. The molecule has 0 heterocycles. The number of fused-ring (bicyclic) bond motifs is 2. The molecule has 6 nitrogen and oxygen atoms in total. The van der Waals surface area contributed by atoms with Crippen LogP contribution < -0.4 is 10.0 Å². The molecular formula is C21H33N3O3S.